The highest BCUT2D eigenvalue weighted by Crippen LogP contribution is 2.55. The average Bonchev–Trinajstić information content (AvgIpc) is 2.69. The van der Waals surface area contributed by atoms with Crippen molar-refractivity contribution in [2.45, 2.75) is 31.6 Å². The van der Waals surface area contributed by atoms with Gasteiger partial charge in [-0.25, -0.2) is 0 Å². The molecule has 1 saturated heterocycles. The third-order valence-electron chi connectivity index (χ3n) is 4.72. The van der Waals surface area contributed by atoms with Crippen LogP contribution in [0.25, 0.3) is 0 Å². The molecule has 14 heavy (non-hydrogen) atoms. The van der Waals surface area contributed by atoms with E-state index < -0.39 is 0 Å². The van der Waals surface area contributed by atoms with Crippen LogP contribution in [0.4, 0.5) is 0 Å². The van der Waals surface area contributed by atoms with Gasteiger partial charge in [0.1, 0.15) is 0 Å². The van der Waals surface area contributed by atoms with E-state index in [4.69, 9.17) is 11.6 Å². The Balaban J connectivity index is 1.65. The average molecular weight is 214 g/mol. The Bertz CT molecular complexity index is 210. The van der Waals surface area contributed by atoms with Crippen molar-refractivity contribution in [2.24, 2.45) is 23.7 Å². The lowest BCUT2D eigenvalue weighted by Gasteiger charge is -2.22. The molecule has 0 aromatic heterocycles. The third kappa shape index (κ3) is 1.40. The van der Waals surface area contributed by atoms with Crippen molar-refractivity contribution in [3.05, 3.63) is 0 Å². The molecule has 3 rings (SSSR count). The van der Waals surface area contributed by atoms with Crippen molar-refractivity contribution in [3.8, 4) is 0 Å². The molecule has 0 spiro atoms. The molecule has 2 saturated carbocycles. The Morgan fingerprint density at radius 1 is 1.21 bits per heavy atom. The maximum Gasteiger partial charge on any atom is 0.0435 e. The quantitative estimate of drug-likeness (QED) is 0.638. The van der Waals surface area contributed by atoms with Crippen molar-refractivity contribution < 1.29 is 0 Å². The summed E-state index contributed by atoms with van der Waals surface area (Å²) in [5.74, 6) is 4.26. The van der Waals surface area contributed by atoms with E-state index in [0.29, 0.717) is 5.38 Å². The number of nitrogens with zero attached hydrogens (tertiary/aromatic N) is 1. The molecule has 3 fully saturated rings. The van der Waals surface area contributed by atoms with Crippen molar-refractivity contribution in [3.63, 3.8) is 0 Å². The number of hydrogen-bond acceptors (Lipinski definition) is 1. The minimum absolute atomic E-state index is 0.325. The van der Waals surface area contributed by atoms with Gasteiger partial charge in [-0.1, -0.05) is 0 Å². The van der Waals surface area contributed by atoms with Crippen LogP contribution in [0.3, 0.4) is 0 Å². The van der Waals surface area contributed by atoms with Crippen LogP contribution in [0.1, 0.15) is 26.2 Å². The first-order valence-electron chi connectivity index (χ1n) is 6.10. The van der Waals surface area contributed by atoms with Gasteiger partial charge < -0.3 is 4.90 Å². The second-order valence-electron chi connectivity index (χ2n) is 5.66. The number of rotatable bonds is 2. The largest absolute Gasteiger partial charge is 0.301 e. The normalized spacial score (nSPS) is 48.4. The summed E-state index contributed by atoms with van der Waals surface area (Å²) < 4.78 is 0. The first-order chi connectivity index (χ1) is 6.74. The zero-order valence-corrected chi connectivity index (χ0v) is 9.71. The van der Waals surface area contributed by atoms with Gasteiger partial charge >= 0.3 is 0 Å². The molecule has 1 nitrogen and oxygen atoms in total. The fourth-order valence-corrected chi connectivity index (χ4v) is 4.47. The smallest absolute Gasteiger partial charge is 0.0435 e. The van der Waals surface area contributed by atoms with Crippen molar-refractivity contribution >= 4 is 11.6 Å². The maximum atomic E-state index is 6.06. The summed E-state index contributed by atoms with van der Waals surface area (Å²) in [4.78, 5) is 2.61. The zero-order valence-electron chi connectivity index (χ0n) is 8.95. The first kappa shape index (κ1) is 9.47. The Morgan fingerprint density at radius 2 is 1.79 bits per heavy atom. The Hall–Kier alpha value is 0.250. The van der Waals surface area contributed by atoms with Crippen LogP contribution in [0, 0.1) is 23.7 Å². The summed E-state index contributed by atoms with van der Waals surface area (Å²) in [6.07, 6.45) is 4.60. The van der Waals surface area contributed by atoms with Gasteiger partial charge in [0.05, 0.1) is 0 Å². The van der Waals surface area contributed by atoms with Crippen molar-refractivity contribution in [1.29, 1.82) is 0 Å². The third-order valence-corrected chi connectivity index (χ3v) is 4.86. The summed E-state index contributed by atoms with van der Waals surface area (Å²) in [7, 11) is 0. The molecule has 0 aromatic carbocycles. The van der Waals surface area contributed by atoms with E-state index >= 15 is 0 Å². The maximum absolute atomic E-state index is 6.06. The lowest BCUT2D eigenvalue weighted by atomic mass is 9.82. The lowest BCUT2D eigenvalue weighted by Crippen LogP contribution is -2.28. The molecule has 2 aliphatic carbocycles. The molecule has 2 bridgehead atoms. The summed E-state index contributed by atoms with van der Waals surface area (Å²) >= 11 is 6.06. The van der Waals surface area contributed by atoms with E-state index in [1.54, 1.807) is 6.42 Å². The second-order valence-corrected chi connectivity index (χ2v) is 6.41. The lowest BCUT2D eigenvalue weighted by molar-refractivity contribution is 0.281. The predicted octanol–water partition coefficient (Wildman–Crippen LogP) is 2.59. The van der Waals surface area contributed by atoms with Crippen LogP contribution in [0.5, 0.6) is 0 Å². The van der Waals surface area contributed by atoms with E-state index in [1.165, 1.54) is 25.9 Å². The SMILES string of the molecule is C[C@H](Cl)CN1C[C@H]2[C@@H]3CC[C@@H](C3)[C@@H]2C1. The fraction of sp³-hybridized carbons (Fsp3) is 1.00. The van der Waals surface area contributed by atoms with E-state index in [1.807, 2.05) is 0 Å². The number of halogens is 1. The highest BCUT2D eigenvalue weighted by Gasteiger charge is 2.51. The van der Waals surface area contributed by atoms with Gasteiger partial charge in [-0.2, -0.15) is 0 Å². The van der Waals surface area contributed by atoms with Crippen molar-refractivity contribution in [2.75, 3.05) is 19.6 Å². The van der Waals surface area contributed by atoms with Gasteiger partial charge in [-0.15, -0.1) is 11.6 Å². The molecule has 0 amide bonds. The van der Waals surface area contributed by atoms with Crippen LogP contribution in [0.15, 0.2) is 0 Å². The van der Waals surface area contributed by atoms with Gasteiger partial charge in [0.2, 0.25) is 0 Å². The Kier molecular flexibility index (Phi) is 2.29. The van der Waals surface area contributed by atoms with E-state index in [2.05, 4.69) is 11.8 Å². The van der Waals surface area contributed by atoms with Gasteiger partial charge in [-0.3, -0.25) is 0 Å². The zero-order chi connectivity index (χ0) is 9.71. The molecule has 0 aromatic rings. The monoisotopic (exact) mass is 213 g/mol. The van der Waals surface area contributed by atoms with Crippen LogP contribution in [-0.2, 0) is 0 Å². The Morgan fingerprint density at radius 3 is 2.29 bits per heavy atom. The molecule has 2 heteroatoms. The van der Waals surface area contributed by atoms with E-state index in [0.717, 1.165) is 30.2 Å². The topological polar surface area (TPSA) is 3.24 Å². The van der Waals surface area contributed by atoms with Gasteiger partial charge in [-0.05, 0) is 49.9 Å². The molecule has 0 unspecified atom stereocenters. The highest BCUT2D eigenvalue weighted by atomic mass is 35.5. The van der Waals surface area contributed by atoms with Gasteiger partial charge in [0, 0.05) is 25.0 Å². The standard InChI is InChI=1S/C12H20ClN/c1-8(13)5-14-6-11-9-2-3-10(4-9)12(11)7-14/h8-12H,2-7H2,1H3/t8-,9-,10+,11-,12-/m0/s1. The van der Waals surface area contributed by atoms with E-state index in [-0.39, 0.29) is 0 Å². The molecular weight excluding hydrogens is 194 g/mol. The molecule has 5 atom stereocenters. The van der Waals surface area contributed by atoms with Crippen LogP contribution in [0.2, 0.25) is 0 Å². The number of alkyl halides is 1. The minimum atomic E-state index is 0.325. The van der Waals surface area contributed by atoms with Crippen molar-refractivity contribution in [1.82, 2.24) is 4.90 Å². The molecule has 0 N–H and O–H groups in total. The van der Waals surface area contributed by atoms with Crippen LogP contribution >= 0.6 is 11.6 Å². The highest BCUT2D eigenvalue weighted by molar-refractivity contribution is 6.20. The first-order valence-corrected chi connectivity index (χ1v) is 6.54. The number of likely N-dealkylation sites (tertiary alicyclic amines) is 1. The number of fused-ring (bicyclic) bond motifs is 5. The van der Waals surface area contributed by atoms with Gasteiger partial charge in [0.25, 0.3) is 0 Å². The summed E-state index contributed by atoms with van der Waals surface area (Å²) in [6, 6.07) is 0. The minimum Gasteiger partial charge on any atom is -0.301 e. The predicted molar refractivity (Wildman–Crippen MR) is 59.6 cm³/mol. The molecule has 80 valence electrons. The van der Waals surface area contributed by atoms with Gasteiger partial charge in [0.15, 0.2) is 0 Å². The number of hydrogen-bond donors (Lipinski definition) is 0. The molecule has 0 radical (unpaired) electrons. The van der Waals surface area contributed by atoms with Crippen LogP contribution < -0.4 is 0 Å². The summed E-state index contributed by atoms with van der Waals surface area (Å²) in [5.41, 5.74) is 0. The molecule has 3 aliphatic rings. The van der Waals surface area contributed by atoms with E-state index in [9.17, 15) is 0 Å². The molecule has 1 aliphatic heterocycles. The van der Waals surface area contributed by atoms with Crippen LogP contribution in [-0.4, -0.2) is 29.9 Å². The summed E-state index contributed by atoms with van der Waals surface area (Å²) in [6.45, 7) is 5.92. The molecular formula is C12H20ClN. The molecule has 1 heterocycles. The summed E-state index contributed by atoms with van der Waals surface area (Å²) in [5, 5.41) is 0.325. The Labute approximate surface area is 91.8 Å². The fourth-order valence-electron chi connectivity index (χ4n) is 4.27. The second kappa shape index (κ2) is 3.38.